The Morgan fingerprint density at radius 2 is 2.15 bits per heavy atom. The van der Waals surface area contributed by atoms with Crippen LogP contribution >= 0.6 is 27.5 Å². The molecule has 20 heavy (non-hydrogen) atoms. The molecule has 0 saturated carbocycles. The second-order valence-electron chi connectivity index (χ2n) is 3.97. The van der Waals surface area contributed by atoms with Crippen LogP contribution in [0, 0.1) is 5.82 Å². The third kappa shape index (κ3) is 2.92. The molecule has 0 radical (unpaired) electrons. The number of nitrogens with one attached hydrogen (secondary N) is 1. The Morgan fingerprint density at radius 1 is 1.40 bits per heavy atom. The van der Waals surface area contributed by atoms with Crippen LogP contribution in [0.5, 0.6) is 5.88 Å². The van der Waals surface area contributed by atoms with E-state index in [4.69, 9.17) is 16.3 Å². The van der Waals surface area contributed by atoms with Crippen LogP contribution in [-0.4, -0.2) is 24.1 Å². The molecular weight excluding hydrogens is 349 g/mol. The van der Waals surface area contributed by atoms with Gasteiger partial charge in [-0.1, -0.05) is 17.7 Å². The molecule has 2 aromatic rings. The molecule has 1 heterocycles. The number of ether oxygens (including phenoxy) is 1. The van der Waals surface area contributed by atoms with Gasteiger partial charge in [0.25, 0.3) is 0 Å². The average Bonchev–Trinajstić information content (AvgIpc) is 2.48. The van der Waals surface area contributed by atoms with Gasteiger partial charge in [0.05, 0.1) is 23.9 Å². The molecule has 0 aliphatic heterocycles. The first-order chi connectivity index (χ1) is 9.58. The summed E-state index contributed by atoms with van der Waals surface area (Å²) in [5.41, 5.74) is 0.998. The third-order valence-corrected chi connectivity index (χ3v) is 4.09. The fraction of sp³-hybridized carbons (Fsp3) is 0.231. The Bertz CT molecular complexity index is 627. The van der Waals surface area contributed by atoms with Crippen LogP contribution in [0.25, 0.3) is 0 Å². The predicted octanol–water partition coefficient (Wildman–Crippen LogP) is 3.35. The predicted molar refractivity (Wildman–Crippen MR) is 78.6 cm³/mol. The van der Waals surface area contributed by atoms with Crippen molar-refractivity contribution in [2.45, 2.75) is 6.04 Å². The number of hydrogen-bond acceptors (Lipinski definition) is 4. The lowest BCUT2D eigenvalue weighted by atomic mass is 10.0. The van der Waals surface area contributed by atoms with Crippen molar-refractivity contribution in [3.8, 4) is 5.88 Å². The highest BCUT2D eigenvalue weighted by molar-refractivity contribution is 9.10. The van der Waals surface area contributed by atoms with Gasteiger partial charge in [-0.15, -0.1) is 0 Å². The molecule has 1 aromatic carbocycles. The van der Waals surface area contributed by atoms with E-state index in [1.54, 1.807) is 25.2 Å². The first-order valence-electron chi connectivity index (χ1n) is 5.75. The van der Waals surface area contributed by atoms with Gasteiger partial charge >= 0.3 is 0 Å². The van der Waals surface area contributed by atoms with E-state index >= 15 is 0 Å². The van der Waals surface area contributed by atoms with Crippen molar-refractivity contribution in [1.82, 2.24) is 15.3 Å². The van der Waals surface area contributed by atoms with E-state index in [2.05, 4.69) is 31.2 Å². The number of hydrogen-bond donors (Lipinski definition) is 1. The highest BCUT2D eigenvalue weighted by Gasteiger charge is 2.21. The SMILES string of the molecule is CNC(c1cc(OC)ncn1)c1ccc(Br)c(Cl)c1F. The molecule has 1 aromatic heterocycles. The highest BCUT2D eigenvalue weighted by atomic mass is 79.9. The van der Waals surface area contributed by atoms with Crippen molar-refractivity contribution in [3.63, 3.8) is 0 Å². The maximum Gasteiger partial charge on any atom is 0.216 e. The summed E-state index contributed by atoms with van der Waals surface area (Å²) in [6, 6.07) is 4.55. The molecule has 0 fully saturated rings. The molecule has 0 aliphatic rings. The zero-order valence-corrected chi connectivity index (χ0v) is 13.2. The Hall–Kier alpha value is -1.24. The summed E-state index contributed by atoms with van der Waals surface area (Å²) in [6.07, 6.45) is 1.37. The summed E-state index contributed by atoms with van der Waals surface area (Å²) in [5, 5.41) is 3.06. The molecule has 1 N–H and O–H groups in total. The zero-order valence-electron chi connectivity index (χ0n) is 10.8. The standard InChI is InChI=1S/C13H12BrClFN3O/c1-17-13(9-5-10(20-2)19-6-18-9)7-3-4-8(14)11(15)12(7)16/h3-6,13,17H,1-2H3. The number of methoxy groups -OCH3 is 1. The molecule has 1 unspecified atom stereocenters. The van der Waals surface area contributed by atoms with E-state index in [9.17, 15) is 4.39 Å². The van der Waals surface area contributed by atoms with E-state index < -0.39 is 11.9 Å². The summed E-state index contributed by atoms with van der Waals surface area (Å²) in [7, 11) is 3.23. The first kappa shape index (κ1) is 15.2. The molecule has 1 atom stereocenters. The molecule has 2 rings (SSSR count). The number of benzene rings is 1. The smallest absolute Gasteiger partial charge is 0.216 e. The molecule has 0 bridgehead atoms. The van der Waals surface area contributed by atoms with E-state index in [0.29, 0.717) is 21.6 Å². The zero-order chi connectivity index (χ0) is 14.7. The summed E-state index contributed by atoms with van der Waals surface area (Å²) < 4.78 is 19.9. The molecule has 0 saturated heterocycles. The molecular formula is C13H12BrClFN3O. The Kier molecular flexibility index (Phi) is 4.91. The third-order valence-electron chi connectivity index (χ3n) is 2.83. The van der Waals surface area contributed by atoms with Gasteiger partial charge in [-0.05, 0) is 29.0 Å². The number of halogens is 3. The summed E-state index contributed by atoms with van der Waals surface area (Å²) in [5.74, 6) is -0.0724. The minimum atomic E-state index is -0.488. The normalized spacial score (nSPS) is 12.2. The van der Waals surface area contributed by atoms with Crippen molar-refractivity contribution in [2.75, 3.05) is 14.2 Å². The number of rotatable bonds is 4. The van der Waals surface area contributed by atoms with Gasteiger partial charge in [0.1, 0.15) is 12.1 Å². The fourth-order valence-electron chi connectivity index (χ4n) is 1.85. The second-order valence-corrected chi connectivity index (χ2v) is 5.20. The van der Waals surface area contributed by atoms with Crippen LogP contribution in [-0.2, 0) is 0 Å². The van der Waals surface area contributed by atoms with Gasteiger partial charge in [-0.3, -0.25) is 0 Å². The van der Waals surface area contributed by atoms with Gasteiger partial charge in [-0.2, -0.15) is 0 Å². The van der Waals surface area contributed by atoms with Crippen LogP contribution < -0.4 is 10.1 Å². The van der Waals surface area contributed by atoms with E-state index in [1.165, 1.54) is 13.4 Å². The monoisotopic (exact) mass is 359 g/mol. The van der Waals surface area contributed by atoms with Crippen molar-refractivity contribution < 1.29 is 9.13 Å². The lowest BCUT2D eigenvalue weighted by Gasteiger charge is -2.18. The number of aromatic nitrogens is 2. The molecule has 0 amide bonds. The van der Waals surface area contributed by atoms with Crippen LogP contribution in [0.4, 0.5) is 4.39 Å². The minimum Gasteiger partial charge on any atom is -0.481 e. The molecule has 7 heteroatoms. The van der Waals surface area contributed by atoms with Crippen LogP contribution in [0.1, 0.15) is 17.3 Å². The van der Waals surface area contributed by atoms with Gasteiger partial charge in [0.2, 0.25) is 5.88 Å². The van der Waals surface area contributed by atoms with Crippen molar-refractivity contribution in [3.05, 3.63) is 51.1 Å². The first-order valence-corrected chi connectivity index (χ1v) is 6.92. The molecule has 106 valence electrons. The largest absolute Gasteiger partial charge is 0.481 e. The van der Waals surface area contributed by atoms with Crippen LogP contribution in [0.3, 0.4) is 0 Å². The summed E-state index contributed by atoms with van der Waals surface area (Å²) in [6.45, 7) is 0. The quantitative estimate of drug-likeness (QED) is 0.850. The van der Waals surface area contributed by atoms with Crippen molar-refractivity contribution >= 4 is 27.5 Å². The van der Waals surface area contributed by atoms with Gasteiger partial charge in [-0.25, -0.2) is 14.4 Å². The highest BCUT2D eigenvalue weighted by Crippen LogP contribution is 2.32. The van der Waals surface area contributed by atoms with Gasteiger partial charge in [0, 0.05) is 16.1 Å². The van der Waals surface area contributed by atoms with Crippen molar-refractivity contribution in [2.24, 2.45) is 0 Å². The van der Waals surface area contributed by atoms with E-state index in [1.807, 2.05) is 0 Å². The topological polar surface area (TPSA) is 47.0 Å². The fourth-order valence-corrected chi connectivity index (χ4v) is 2.33. The van der Waals surface area contributed by atoms with E-state index in [0.717, 1.165) is 0 Å². The molecule has 0 spiro atoms. The number of nitrogens with zero attached hydrogens (tertiary/aromatic N) is 2. The Labute approximate surface area is 129 Å². The van der Waals surface area contributed by atoms with Gasteiger partial charge in [0.15, 0.2) is 0 Å². The molecule has 0 aliphatic carbocycles. The van der Waals surface area contributed by atoms with E-state index in [-0.39, 0.29) is 5.02 Å². The van der Waals surface area contributed by atoms with Crippen LogP contribution in [0.2, 0.25) is 5.02 Å². The second kappa shape index (κ2) is 6.47. The maximum absolute atomic E-state index is 14.3. The maximum atomic E-state index is 14.3. The summed E-state index contributed by atoms with van der Waals surface area (Å²) in [4.78, 5) is 8.09. The summed E-state index contributed by atoms with van der Waals surface area (Å²) >= 11 is 9.12. The van der Waals surface area contributed by atoms with Crippen molar-refractivity contribution in [1.29, 1.82) is 0 Å². The lowest BCUT2D eigenvalue weighted by Crippen LogP contribution is -2.20. The minimum absolute atomic E-state index is 0.0452. The van der Waals surface area contributed by atoms with Crippen LogP contribution in [0.15, 0.2) is 29.0 Å². The Morgan fingerprint density at radius 3 is 2.80 bits per heavy atom. The molecule has 4 nitrogen and oxygen atoms in total. The van der Waals surface area contributed by atoms with Gasteiger partial charge < -0.3 is 10.1 Å². The Balaban J connectivity index is 2.49. The lowest BCUT2D eigenvalue weighted by molar-refractivity contribution is 0.395. The average molecular weight is 361 g/mol.